The van der Waals surface area contributed by atoms with Gasteiger partial charge in [-0.1, -0.05) is 44.2 Å². The standard InChI is InChI=1S/C23H26N2O6/c1-15(2)21(24-19(26)13-16-7-5-4-6-8-16)23(29)31-14-20(27)25-22(28)17-9-11-18(30-3)12-10-17/h4-12,15,21H,13-14H2,1-3H3,(H,24,26)(H,25,27,28). The van der Waals surface area contributed by atoms with Crippen molar-refractivity contribution in [2.24, 2.45) is 5.92 Å². The Morgan fingerprint density at radius 2 is 1.55 bits per heavy atom. The van der Waals surface area contributed by atoms with E-state index in [4.69, 9.17) is 9.47 Å². The minimum absolute atomic E-state index is 0.119. The summed E-state index contributed by atoms with van der Waals surface area (Å²) in [5.41, 5.74) is 1.07. The third kappa shape index (κ3) is 7.58. The van der Waals surface area contributed by atoms with Gasteiger partial charge in [-0.25, -0.2) is 4.79 Å². The van der Waals surface area contributed by atoms with E-state index in [2.05, 4.69) is 10.6 Å². The number of amides is 3. The van der Waals surface area contributed by atoms with Crippen LogP contribution in [-0.4, -0.2) is 43.4 Å². The van der Waals surface area contributed by atoms with Crippen molar-refractivity contribution in [1.82, 2.24) is 10.6 Å². The van der Waals surface area contributed by atoms with Crippen molar-refractivity contribution in [3.8, 4) is 5.75 Å². The van der Waals surface area contributed by atoms with E-state index in [9.17, 15) is 19.2 Å². The van der Waals surface area contributed by atoms with Crippen LogP contribution in [0, 0.1) is 5.92 Å². The van der Waals surface area contributed by atoms with E-state index in [-0.39, 0.29) is 23.8 Å². The van der Waals surface area contributed by atoms with Crippen LogP contribution < -0.4 is 15.4 Å². The second-order valence-electron chi connectivity index (χ2n) is 7.17. The van der Waals surface area contributed by atoms with E-state index >= 15 is 0 Å². The smallest absolute Gasteiger partial charge is 0.329 e. The molecule has 2 aromatic rings. The van der Waals surface area contributed by atoms with E-state index in [1.165, 1.54) is 19.2 Å². The Labute approximate surface area is 180 Å². The third-order valence-corrected chi connectivity index (χ3v) is 4.40. The van der Waals surface area contributed by atoms with Gasteiger partial charge in [0.15, 0.2) is 6.61 Å². The number of carbonyl (C=O) groups is 4. The number of methoxy groups -OCH3 is 1. The van der Waals surface area contributed by atoms with Gasteiger partial charge in [0, 0.05) is 5.56 Å². The van der Waals surface area contributed by atoms with Gasteiger partial charge < -0.3 is 14.8 Å². The van der Waals surface area contributed by atoms with E-state index in [1.54, 1.807) is 26.0 Å². The van der Waals surface area contributed by atoms with Crippen molar-refractivity contribution in [2.45, 2.75) is 26.3 Å². The summed E-state index contributed by atoms with van der Waals surface area (Å²) in [5.74, 6) is -2.15. The van der Waals surface area contributed by atoms with Gasteiger partial charge in [-0.3, -0.25) is 19.7 Å². The maximum absolute atomic E-state index is 12.4. The summed E-state index contributed by atoms with van der Waals surface area (Å²) in [6, 6.07) is 14.4. The van der Waals surface area contributed by atoms with Gasteiger partial charge in [0.05, 0.1) is 13.5 Å². The van der Waals surface area contributed by atoms with Crippen molar-refractivity contribution in [3.63, 3.8) is 0 Å². The Morgan fingerprint density at radius 1 is 0.903 bits per heavy atom. The van der Waals surface area contributed by atoms with E-state index < -0.39 is 30.4 Å². The highest BCUT2D eigenvalue weighted by molar-refractivity contribution is 6.05. The summed E-state index contributed by atoms with van der Waals surface area (Å²) in [7, 11) is 1.50. The molecule has 0 radical (unpaired) electrons. The first-order chi connectivity index (χ1) is 14.8. The Morgan fingerprint density at radius 3 is 2.13 bits per heavy atom. The molecule has 0 fully saturated rings. The lowest BCUT2D eigenvalue weighted by Gasteiger charge is -2.20. The lowest BCUT2D eigenvalue weighted by atomic mass is 10.0. The normalized spacial score (nSPS) is 11.4. The van der Waals surface area contributed by atoms with Crippen LogP contribution in [0.4, 0.5) is 0 Å². The van der Waals surface area contributed by atoms with Crippen molar-refractivity contribution in [3.05, 3.63) is 65.7 Å². The summed E-state index contributed by atoms with van der Waals surface area (Å²) in [4.78, 5) is 48.7. The number of imide groups is 1. The zero-order valence-electron chi connectivity index (χ0n) is 17.7. The molecule has 0 aromatic heterocycles. The maximum atomic E-state index is 12.4. The zero-order chi connectivity index (χ0) is 22.8. The molecule has 0 aliphatic carbocycles. The molecule has 0 spiro atoms. The highest BCUT2D eigenvalue weighted by Gasteiger charge is 2.26. The molecule has 164 valence electrons. The second kappa shape index (κ2) is 11.5. The van der Waals surface area contributed by atoms with Crippen LogP contribution in [0.1, 0.15) is 29.8 Å². The first-order valence-electron chi connectivity index (χ1n) is 9.78. The van der Waals surface area contributed by atoms with Crippen LogP contribution in [0.3, 0.4) is 0 Å². The van der Waals surface area contributed by atoms with E-state index in [0.29, 0.717) is 5.75 Å². The Bertz CT molecular complexity index is 909. The van der Waals surface area contributed by atoms with Gasteiger partial charge in [-0.05, 0) is 35.7 Å². The van der Waals surface area contributed by atoms with Crippen molar-refractivity contribution < 1.29 is 28.7 Å². The van der Waals surface area contributed by atoms with Crippen LogP contribution in [0.25, 0.3) is 0 Å². The lowest BCUT2D eigenvalue weighted by molar-refractivity contribution is -0.152. The average Bonchev–Trinajstić information content (AvgIpc) is 2.76. The molecule has 0 saturated heterocycles. The molecule has 0 saturated carbocycles. The van der Waals surface area contributed by atoms with Crippen LogP contribution in [0.15, 0.2) is 54.6 Å². The molecule has 8 nitrogen and oxygen atoms in total. The molecule has 1 unspecified atom stereocenters. The Kier molecular flexibility index (Phi) is 8.75. The molecular weight excluding hydrogens is 400 g/mol. The number of nitrogens with one attached hydrogen (secondary N) is 2. The number of benzene rings is 2. The molecule has 2 N–H and O–H groups in total. The summed E-state index contributed by atoms with van der Waals surface area (Å²) < 4.78 is 10.0. The van der Waals surface area contributed by atoms with Gasteiger partial charge in [-0.15, -0.1) is 0 Å². The quantitative estimate of drug-likeness (QED) is 0.593. The van der Waals surface area contributed by atoms with E-state index in [0.717, 1.165) is 5.56 Å². The third-order valence-electron chi connectivity index (χ3n) is 4.40. The molecule has 0 aliphatic heterocycles. The first kappa shape index (κ1) is 23.6. The molecule has 0 aliphatic rings. The van der Waals surface area contributed by atoms with Crippen molar-refractivity contribution >= 4 is 23.7 Å². The molecule has 2 aromatic carbocycles. The minimum atomic E-state index is -0.915. The molecule has 0 bridgehead atoms. The topological polar surface area (TPSA) is 111 Å². The largest absolute Gasteiger partial charge is 0.497 e. The first-order valence-corrected chi connectivity index (χ1v) is 9.78. The molecule has 1 atom stereocenters. The minimum Gasteiger partial charge on any atom is -0.497 e. The molecule has 8 heteroatoms. The summed E-state index contributed by atoms with van der Waals surface area (Å²) in [6.07, 6.45) is 0.119. The molecule has 31 heavy (non-hydrogen) atoms. The lowest BCUT2D eigenvalue weighted by Crippen LogP contribution is -2.46. The van der Waals surface area contributed by atoms with Crippen LogP contribution in [0.2, 0.25) is 0 Å². The average molecular weight is 426 g/mol. The Hall–Kier alpha value is -3.68. The highest BCUT2D eigenvalue weighted by atomic mass is 16.5. The number of rotatable bonds is 9. The van der Waals surface area contributed by atoms with Crippen molar-refractivity contribution in [1.29, 1.82) is 0 Å². The number of hydrogen-bond acceptors (Lipinski definition) is 6. The van der Waals surface area contributed by atoms with Gasteiger partial charge >= 0.3 is 5.97 Å². The SMILES string of the molecule is COc1ccc(C(=O)NC(=O)COC(=O)C(NC(=O)Cc2ccccc2)C(C)C)cc1. The van der Waals surface area contributed by atoms with Crippen LogP contribution in [0.5, 0.6) is 5.75 Å². The van der Waals surface area contributed by atoms with Gasteiger partial charge in [0.25, 0.3) is 11.8 Å². The summed E-state index contributed by atoms with van der Waals surface area (Å²) in [5, 5.41) is 4.79. The monoisotopic (exact) mass is 426 g/mol. The number of carbonyl (C=O) groups excluding carboxylic acids is 4. The van der Waals surface area contributed by atoms with Crippen LogP contribution >= 0.6 is 0 Å². The molecule has 0 heterocycles. The number of ether oxygens (including phenoxy) is 2. The van der Waals surface area contributed by atoms with E-state index in [1.807, 2.05) is 30.3 Å². The zero-order valence-corrected chi connectivity index (χ0v) is 17.7. The Balaban J connectivity index is 1.85. The van der Waals surface area contributed by atoms with Gasteiger partial charge in [0.1, 0.15) is 11.8 Å². The van der Waals surface area contributed by atoms with Crippen molar-refractivity contribution in [2.75, 3.05) is 13.7 Å². The fourth-order valence-corrected chi connectivity index (χ4v) is 2.71. The maximum Gasteiger partial charge on any atom is 0.329 e. The molecular formula is C23H26N2O6. The molecule has 3 amide bonds. The summed E-state index contributed by atoms with van der Waals surface area (Å²) in [6.45, 7) is 2.86. The fourth-order valence-electron chi connectivity index (χ4n) is 2.71. The number of hydrogen-bond donors (Lipinski definition) is 2. The fraction of sp³-hybridized carbons (Fsp3) is 0.304. The van der Waals surface area contributed by atoms with Gasteiger partial charge in [0.2, 0.25) is 5.91 Å². The predicted molar refractivity (Wildman–Crippen MR) is 113 cm³/mol. The summed E-state index contributed by atoms with van der Waals surface area (Å²) >= 11 is 0. The predicted octanol–water partition coefficient (Wildman–Crippen LogP) is 1.88. The molecule has 2 rings (SSSR count). The van der Waals surface area contributed by atoms with Crippen LogP contribution in [-0.2, 0) is 25.5 Å². The van der Waals surface area contributed by atoms with Gasteiger partial charge in [-0.2, -0.15) is 0 Å². The highest BCUT2D eigenvalue weighted by Crippen LogP contribution is 2.11. The number of esters is 1. The second-order valence-corrected chi connectivity index (χ2v) is 7.17.